The molecular weight excluding hydrogens is 372 g/mol. The van der Waals surface area contributed by atoms with Crippen LogP contribution in [-0.4, -0.2) is 29.6 Å². The first-order valence-corrected chi connectivity index (χ1v) is 9.21. The van der Waals surface area contributed by atoms with Crippen molar-refractivity contribution in [1.29, 1.82) is 0 Å². The Morgan fingerprint density at radius 3 is 2.92 bits per heavy atom. The Hall–Kier alpha value is -2.57. The molecule has 0 aliphatic carbocycles. The lowest BCUT2D eigenvalue weighted by Crippen LogP contribution is -2.26. The number of rotatable bonds is 4. The van der Waals surface area contributed by atoms with Crippen LogP contribution in [0.1, 0.15) is 16.1 Å². The standard InChI is InChI=1S/C19H15ClN2O3S/c1-22(9-12-5-6-16-17(7-12)25-11-24-16)19(23)15-10-26-18(21-15)13-3-2-4-14(20)8-13/h2-8,10H,9,11H2,1H3. The van der Waals surface area contributed by atoms with E-state index < -0.39 is 0 Å². The van der Waals surface area contributed by atoms with E-state index >= 15 is 0 Å². The van der Waals surface area contributed by atoms with E-state index in [0.29, 0.717) is 23.0 Å². The van der Waals surface area contributed by atoms with Crippen molar-refractivity contribution in [3.8, 4) is 22.1 Å². The fourth-order valence-corrected chi connectivity index (χ4v) is 3.69. The molecule has 0 saturated carbocycles. The summed E-state index contributed by atoms with van der Waals surface area (Å²) >= 11 is 7.45. The van der Waals surface area contributed by atoms with E-state index in [0.717, 1.165) is 21.9 Å². The van der Waals surface area contributed by atoms with Gasteiger partial charge in [0.25, 0.3) is 5.91 Å². The first-order chi connectivity index (χ1) is 12.6. The van der Waals surface area contributed by atoms with Gasteiger partial charge in [0.05, 0.1) is 0 Å². The van der Waals surface area contributed by atoms with Gasteiger partial charge in [-0.3, -0.25) is 4.79 Å². The van der Waals surface area contributed by atoms with Crippen LogP contribution in [0.3, 0.4) is 0 Å². The van der Waals surface area contributed by atoms with Crippen LogP contribution in [0.15, 0.2) is 47.8 Å². The molecule has 4 rings (SSSR count). The van der Waals surface area contributed by atoms with Crippen molar-refractivity contribution in [3.63, 3.8) is 0 Å². The van der Waals surface area contributed by atoms with E-state index in [-0.39, 0.29) is 12.7 Å². The molecule has 0 unspecified atom stereocenters. The molecule has 0 N–H and O–H groups in total. The van der Waals surface area contributed by atoms with Gasteiger partial charge in [-0.2, -0.15) is 0 Å². The van der Waals surface area contributed by atoms with Gasteiger partial charge in [0.15, 0.2) is 11.5 Å². The second-order valence-electron chi connectivity index (χ2n) is 5.90. The van der Waals surface area contributed by atoms with Crippen LogP contribution in [-0.2, 0) is 6.54 Å². The Morgan fingerprint density at radius 1 is 1.23 bits per heavy atom. The summed E-state index contributed by atoms with van der Waals surface area (Å²) in [6.45, 7) is 0.693. The number of benzene rings is 2. The summed E-state index contributed by atoms with van der Waals surface area (Å²) in [5.41, 5.74) is 2.29. The van der Waals surface area contributed by atoms with Gasteiger partial charge in [0.2, 0.25) is 6.79 Å². The first-order valence-electron chi connectivity index (χ1n) is 7.95. The molecule has 26 heavy (non-hydrogen) atoms. The Labute approximate surface area is 159 Å². The highest BCUT2D eigenvalue weighted by atomic mass is 35.5. The quantitative estimate of drug-likeness (QED) is 0.664. The predicted octanol–water partition coefficient (Wildman–Crippen LogP) is 4.46. The number of hydrogen-bond acceptors (Lipinski definition) is 5. The summed E-state index contributed by atoms with van der Waals surface area (Å²) < 4.78 is 10.7. The lowest BCUT2D eigenvalue weighted by atomic mass is 10.2. The van der Waals surface area contributed by atoms with E-state index in [1.54, 1.807) is 17.3 Å². The second-order valence-corrected chi connectivity index (χ2v) is 7.19. The monoisotopic (exact) mass is 386 g/mol. The summed E-state index contributed by atoms with van der Waals surface area (Å²) in [4.78, 5) is 18.8. The van der Waals surface area contributed by atoms with E-state index in [1.807, 2.05) is 42.5 Å². The Bertz CT molecular complexity index is 973. The number of carbonyl (C=O) groups excluding carboxylic acids is 1. The average Bonchev–Trinajstić information content (AvgIpc) is 3.30. The molecule has 0 bridgehead atoms. The van der Waals surface area contributed by atoms with E-state index in [9.17, 15) is 4.79 Å². The SMILES string of the molecule is CN(Cc1ccc2c(c1)OCO2)C(=O)c1csc(-c2cccc(Cl)c2)n1. The van der Waals surface area contributed by atoms with Crippen molar-refractivity contribution >= 4 is 28.8 Å². The summed E-state index contributed by atoms with van der Waals surface area (Å²) in [5.74, 6) is 1.31. The molecule has 3 aromatic rings. The van der Waals surface area contributed by atoms with Crippen LogP contribution in [0.4, 0.5) is 0 Å². The van der Waals surface area contributed by atoms with Crippen molar-refractivity contribution < 1.29 is 14.3 Å². The molecule has 2 aromatic carbocycles. The third-order valence-electron chi connectivity index (χ3n) is 4.00. The Morgan fingerprint density at radius 2 is 2.08 bits per heavy atom. The van der Waals surface area contributed by atoms with Crippen LogP contribution in [0.25, 0.3) is 10.6 Å². The molecule has 7 heteroatoms. The van der Waals surface area contributed by atoms with Gasteiger partial charge in [-0.25, -0.2) is 4.98 Å². The lowest BCUT2D eigenvalue weighted by molar-refractivity contribution is 0.0780. The number of hydrogen-bond donors (Lipinski definition) is 0. The zero-order chi connectivity index (χ0) is 18.1. The molecule has 1 amide bonds. The van der Waals surface area contributed by atoms with Crippen molar-refractivity contribution in [3.05, 3.63) is 64.1 Å². The number of fused-ring (bicyclic) bond motifs is 1. The van der Waals surface area contributed by atoms with Crippen LogP contribution < -0.4 is 9.47 Å². The maximum Gasteiger partial charge on any atom is 0.273 e. The third-order valence-corrected chi connectivity index (χ3v) is 5.12. The van der Waals surface area contributed by atoms with Gasteiger partial charge >= 0.3 is 0 Å². The molecule has 0 saturated heterocycles. The molecule has 1 aromatic heterocycles. The normalized spacial score (nSPS) is 12.2. The fraction of sp³-hybridized carbons (Fsp3) is 0.158. The summed E-state index contributed by atoms with van der Waals surface area (Å²) in [5, 5.41) is 3.19. The van der Waals surface area contributed by atoms with Gasteiger partial charge in [-0.15, -0.1) is 11.3 Å². The molecule has 0 spiro atoms. The van der Waals surface area contributed by atoms with E-state index in [1.165, 1.54) is 11.3 Å². The topological polar surface area (TPSA) is 51.7 Å². The third kappa shape index (κ3) is 3.38. The van der Waals surface area contributed by atoms with Crippen molar-refractivity contribution in [1.82, 2.24) is 9.88 Å². The predicted molar refractivity (Wildman–Crippen MR) is 101 cm³/mol. The van der Waals surface area contributed by atoms with Gasteiger partial charge < -0.3 is 14.4 Å². The van der Waals surface area contributed by atoms with E-state index in [2.05, 4.69) is 4.98 Å². The Kier molecular flexibility index (Phi) is 4.53. The van der Waals surface area contributed by atoms with Crippen molar-refractivity contribution in [2.24, 2.45) is 0 Å². The lowest BCUT2D eigenvalue weighted by Gasteiger charge is -2.16. The summed E-state index contributed by atoms with van der Waals surface area (Å²) in [6, 6.07) is 13.1. The largest absolute Gasteiger partial charge is 0.454 e. The van der Waals surface area contributed by atoms with Crippen LogP contribution >= 0.6 is 22.9 Å². The zero-order valence-corrected chi connectivity index (χ0v) is 15.5. The highest BCUT2D eigenvalue weighted by Gasteiger charge is 2.18. The molecule has 5 nitrogen and oxygen atoms in total. The Balaban J connectivity index is 1.49. The minimum Gasteiger partial charge on any atom is -0.454 e. The fourth-order valence-electron chi connectivity index (χ4n) is 2.71. The molecule has 1 aliphatic rings. The summed E-state index contributed by atoms with van der Waals surface area (Å²) in [7, 11) is 1.76. The number of halogens is 1. The minimum atomic E-state index is -0.132. The van der Waals surface area contributed by atoms with Gasteiger partial charge in [-0.05, 0) is 29.8 Å². The molecule has 2 heterocycles. The van der Waals surface area contributed by atoms with Crippen LogP contribution in [0.5, 0.6) is 11.5 Å². The number of amides is 1. The van der Waals surface area contributed by atoms with Crippen molar-refractivity contribution in [2.45, 2.75) is 6.54 Å². The molecule has 0 radical (unpaired) electrons. The second kappa shape index (κ2) is 6.97. The van der Waals surface area contributed by atoms with Gasteiger partial charge in [0, 0.05) is 29.6 Å². The maximum absolute atomic E-state index is 12.7. The van der Waals surface area contributed by atoms with E-state index in [4.69, 9.17) is 21.1 Å². The minimum absolute atomic E-state index is 0.132. The number of thiazole rings is 1. The molecule has 0 fully saturated rings. The van der Waals surface area contributed by atoms with Crippen LogP contribution in [0, 0.1) is 0 Å². The summed E-state index contributed by atoms with van der Waals surface area (Å²) in [6.07, 6.45) is 0. The maximum atomic E-state index is 12.7. The molecular formula is C19H15ClN2O3S. The highest BCUT2D eigenvalue weighted by Crippen LogP contribution is 2.33. The highest BCUT2D eigenvalue weighted by molar-refractivity contribution is 7.13. The van der Waals surface area contributed by atoms with Gasteiger partial charge in [-0.1, -0.05) is 29.8 Å². The smallest absolute Gasteiger partial charge is 0.273 e. The number of carbonyl (C=O) groups is 1. The van der Waals surface area contributed by atoms with Gasteiger partial charge in [0.1, 0.15) is 10.7 Å². The van der Waals surface area contributed by atoms with Crippen LogP contribution in [0.2, 0.25) is 5.02 Å². The van der Waals surface area contributed by atoms with Crippen molar-refractivity contribution in [2.75, 3.05) is 13.8 Å². The molecule has 132 valence electrons. The zero-order valence-electron chi connectivity index (χ0n) is 13.9. The molecule has 1 aliphatic heterocycles. The first kappa shape index (κ1) is 16.9. The average molecular weight is 387 g/mol. The number of nitrogens with zero attached hydrogens (tertiary/aromatic N) is 2. The number of aromatic nitrogens is 1. The molecule has 0 atom stereocenters. The number of ether oxygens (including phenoxy) is 2.